The number of amides is 2. The molecule has 1 saturated heterocycles. The fourth-order valence-electron chi connectivity index (χ4n) is 6.02. The van der Waals surface area contributed by atoms with Crippen LogP contribution in [0.3, 0.4) is 0 Å². The van der Waals surface area contributed by atoms with Crippen molar-refractivity contribution in [3.8, 4) is 5.75 Å². The maximum Gasteiger partial charge on any atom is 0.573 e. The molecule has 0 radical (unpaired) electrons. The van der Waals surface area contributed by atoms with Crippen LogP contribution < -0.4 is 10.1 Å². The molecular weight excluding hydrogens is 637 g/mol. The number of halogens is 6. The van der Waals surface area contributed by atoms with Gasteiger partial charge in [0.15, 0.2) is 0 Å². The van der Waals surface area contributed by atoms with Gasteiger partial charge in [-0.25, -0.2) is 9.18 Å². The van der Waals surface area contributed by atoms with E-state index in [1.54, 1.807) is 37.4 Å². The molecular formula is C32H31Cl2F4N3O4. The summed E-state index contributed by atoms with van der Waals surface area (Å²) in [4.78, 5) is 29.7. The fourth-order valence-corrected chi connectivity index (χ4v) is 6.33. The Morgan fingerprint density at radius 2 is 1.84 bits per heavy atom. The average molecular weight is 669 g/mol. The second kappa shape index (κ2) is 13.4. The highest BCUT2D eigenvalue weighted by molar-refractivity contribution is 6.42. The van der Waals surface area contributed by atoms with E-state index in [1.165, 1.54) is 35.2 Å². The van der Waals surface area contributed by atoms with E-state index in [4.69, 9.17) is 27.9 Å². The van der Waals surface area contributed by atoms with Gasteiger partial charge >= 0.3 is 12.5 Å². The summed E-state index contributed by atoms with van der Waals surface area (Å²) in [6.45, 7) is 1.93. The van der Waals surface area contributed by atoms with Gasteiger partial charge < -0.3 is 19.3 Å². The van der Waals surface area contributed by atoms with E-state index in [1.807, 2.05) is 0 Å². The SMILES string of the molecule is CN(Cc1cccc(OC(F)(F)F)c1)C(=O)C(CCCN1CCC2(CC1)OC(=O)Nc1ccc(F)cc12)c1ccc(Cl)c(Cl)c1. The van der Waals surface area contributed by atoms with Crippen LogP contribution in [0.5, 0.6) is 5.75 Å². The fraction of sp³-hybridized carbons (Fsp3) is 0.375. The average Bonchev–Trinajstić information content (AvgIpc) is 2.97. The Bertz CT molecular complexity index is 1560. The number of rotatable bonds is 9. The largest absolute Gasteiger partial charge is 0.573 e. The van der Waals surface area contributed by atoms with Crippen LogP contribution in [0.1, 0.15) is 48.3 Å². The number of anilines is 1. The third-order valence-corrected chi connectivity index (χ3v) is 8.94. The number of ether oxygens (including phenoxy) is 2. The van der Waals surface area contributed by atoms with Crippen LogP contribution in [-0.4, -0.2) is 54.8 Å². The molecule has 1 spiro atoms. The highest BCUT2D eigenvalue weighted by Gasteiger charge is 2.44. The van der Waals surface area contributed by atoms with Crippen molar-refractivity contribution in [3.05, 3.63) is 93.2 Å². The van der Waals surface area contributed by atoms with E-state index >= 15 is 0 Å². The Kier molecular flexibility index (Phi) is 9.81. The van der Waals surface area contributed by atoms with Gasteiger partial charge in [0.25, 0.3) is 0 Å². The molecule has 1 fully saturated rings. The molecule has 3 aromatic carbocycles. The van der Waals surface area contributed by atoms with Crippen LogP contribution in [0.25, 0.3) is 0 Å². The number of hydrogen-bond donors (Lipinski definition) is 1. The first-order valence-electron chi connectivity index (χ1n) is 14.4. The molecule has 2 amide bonds. The van der Waals surface area contributed by atoms with Crippen LogP contribution in [0, 0.1) is 5.82 Å². The molecule has 0 aromatic heterocycles. The summed E-state index contributed by atoms with van der Waals surface area (Å²) in [7, 11) is 1.59. The summed E-state index contributed by atoms with van der Waals surface area (Å²) in [5, 5.41) is 3.30. The molecule has 0 saturated carbocycles. The zero-order valence-electron chi connectivity index (χ0n) is 24.3. The lowest BCUT2D eigenvalue weighted by Gasteiger charge is -2.44. The predicted octanol–water partition coefficient (Wildman–Crippen LogP) is 8.11. The molecule has 7 nitrogen and oxygen atoms in total. The van der Waals surface area contributed by atoms with Crippen LogP contribution >= 0.6 is 23.2 Å². The molecule has 5 rings (SSSR count). The van der Waals surface area contributed by atoms with Crippen molar-refractivity contribution >= 4 is 40.9 Å². The number of hydrogen-bond acceptors (Lipinski definition) is 5. The number of benzene rings is 3. The van der Waals surface area contributed by atoms with E-state index in [9.17, 15) is 27.2 Å². The molecule has 1 atom stereocenters. The van der Waals surface area contributed by atoms with Crippen LogP contribution in [0.15, 0.2) is 60.7 Å². The Morgan fingerprint density at radius 1 is 1.09 bits per heavy atom. The summed E-state index contributed by atoms with van der Waals surface area (Å²) in [6, 6.07) is 14.8. The van der Waals surface area contributed by atoms with Crippen molar-refractivity contribution in [1.82, 2.24) is 9.80 Å². The third kappa shape index (κ3) is 8.01. The Hall–Kier alpha value is -3.54. The normalized spacial score (nSPS) is 16.8. The first kappa shape index (κ1) is 32.8. The zero-order chi connectivity index (χ0) is 32.4. The van der Waals surface area contributed by atoms with Gasteiger partial charge in [-0.3, -0.25) is 10.1 Å². The number of likely N-dealkylation sites (N-methyl/N-ethyl adjacent to an activating group) is 1. The summed E-state index contributed by atoms with van der Waals surface area (Å²) >= 11 is 12.4. The molecule has 1 N–H and O–H groups in total. The van der Waals surface area contributed by atoms with E-state index in [-0.39, 0.29) is 18.2 Å². The Balaban J connectivity index is 1.24. The van der Waals surface area contributed by atoms with E-state index in [0.29, 0.717) is 77.7 Å². The van der Waals surface area contributed by atoms with Crippen molar-refractivity contribution in [2.75, 3.05) is 32.0 Å². The minimum Gasteiger partial charge on any atom is -0.438 e. The Labute approximate surface area is 268 Å². The number of nitrogens with one attached hydrogen (secondary N) is 1. The first-order valence-corrected chi connectivity index (χ1v) is 15.1. The van der Waals surface area contributed by atoms with E-state index in [2.05, 4.69) is 15.0 Å². The van der Waals surface area contributed by atoms with Crippen molar-refractivity contribution < 1.29 is 36.6 Å². The molecule has 2 aliphatic rings. The van der Waals surface area contributed by atoms with Crippen molar-refractivity contribution in [1.29, 1.82) is 0 Å². The monoisotopic (exact) mass is 667 g/mol. The summed E-state index contributed by atoms with van der Waals surface area (Å²) in [6.07, 6.45) is -3.30. The van der Waals surface area contributed by atoms with Gasteiger partial charge in [-0.1, -0.05) is 41.4 Å². The van der Waals surface area contributed by atoms with E-state index in [0.717, 1.165) is 0 Å². The number of nitrogens with zero attached hydrogens (tertiary/aromatic N) is 2. The van der Waals surface area contributed by atoms with Crippen LogP contribution in [0.2, 0.25) is 10.0 Å². The van der Waals surface area contributed by atoms with Gasteiger partial charge in [0.2, 0.25) is 5.91 Å². The number of likely N-dealkylation sites (tertiary alicyclic amines) is 1. The lowest BCUT2D eigenvalue weighted by molar-refractivity contribution is -0.274. The number of piperidine rings is 1. The first-order chi connectivity index (χ1) is 21.3. The topological polar surface area (TPSA) is 71.1 Å². The minimum atomic E-state index is -4.82. The van der Waals surface area contributed by atoms with Crippen LogP contribution in [-0.2, 0) is 21.7 Å². The third-order valence-electron chi connectivity index (χ3n) is 8.20. The van der Waals surface area contributed by atoms with E-state index < -0.39 is 29.8 Å². The van der Waals surface area contributed by atoms with Crippen molar-refractivity contribution in [2.24, 2.45) is 0 Å². The number of carbonyl (C=O) groups excluding carboxylic acids is 2. The molecule has 1 unspecified atom stereocenters. The molecule has 45 heavy (non-hydrogen) atoms. The summed E-state index contributed by atoms with van der Waals surface area (Å²) < 4.78 is 62.0. The molecule has 0 bridgehead atoms. The highest BCUT2D eigenvalue weighted by Crippen LogP contribution is 2.44. The quantitative estimate of drug-likeness (QED) is 0.234. The predicted molar refractivity (Wildman–Crippen MR) is 162 cm³/mol. The second-order valence-corrected chi connectivity index (χ2v) is 12.1. The van der Waals surface area contributed by atoms with Gasteiger partial charge in [0.05, 0.1) is 21.7 Å². The molecule has 2 aliphatic heterocycles. The molecule has 2 heterocycles. The Morgan fingerprint density at radius 3 is 2.56 bits per heavy atom. The number of alkyl halides is 3. The van der Waals surface area contributed by atoms with Crippen molar-refractivity contribution in [3.63, 3.8) is 0 Å². The highest BCUT2D eigenvalue weighted by atomic mass is 35.5. The van der Waals surface area contributed by atoms with Gasteiger partial charge in [-0.2, -0.15) is 0 Å². The summed E-state index contributed by atoms with van der Waals surface area (Å²) in [5.41, 5.74) is 1.43. The molecule has 13 heteroatoms. The van der Waals surface area contributed by atoms with Crippen molar-refractivity contribution in [2.45, 2.75) is 50.1 Å². The lowest BCUT2D eigenvalue weighted by Crippen LogP contribution is -2.48. The molecule has 240 valence electrons. The smallest absolute Gasteiger partial charge is 0.438 e. The number of fused-ring (bicyclic) bond motifs is 2. The molecule has 3 aromatic rings. The van der Waals surface area contributed by atoms with Gasteiger partial charge in [-0.15, -0.1) is 13.2 Å². The summed E-state index contributed by atoms with van der Waals surface area (Å²) in [5.74, 6) is -1.58. The standard InChI is InChI=1S/C32H31Cl2F4N3O4/c1-40(19-20-4-2-5-23(16-20)44-32(36,37)38)29(42)24(21-7-9-26(33)27(34)17-21)6-3-13-41-14-11-31(12-15-41)25-18-22(35)8-10-28(25)39-30(43)45-31/h2,4-5,7-10,16-18,24H,3,6,11-15,19H2,1H3,(H,39,43). The van der Waals surface area contributed by atoms with Crippen LogP contribution in [0.4, 0.5) is 28.0 Å². The van der Waals surface area contributed by atoms with Gasteiger partial charge in [0, 0.05) is 45.1 Å². The lowest BCUT2D eigenvalue weighted by atomic mass is 9.82. The maximum atomic E-state index is 14.1. The number of carbonyl (C=O) groups is 2. The van der Waals surface area contributed by atoms with Gasteiger partial charge in [-0.05, 0) is 73.0 Å². The second-order valence-electron chi connectivity index (χ2n) is 11.3. The maximum absolute atomic E-state index is 14.1. The zero-order valence-corrected chi connectivity index (χ0v) is 25.8. The van der Waals surface area contributed by atoms with Gasteiger partial charge in [0.1, 0.15) is 17.2 Å². The minimum absolute atomic E-state index is 0.0650. The molecule has 0 aliphatic carbocycles.